The largest absolute Gasteiger partial charge is 0.325 e. The Labute approximate surface area is 247 Å². The lowest BCUT2D eigenvalue weighted by Gasteiger charge is -2.31. The second kappa shape index (κ2) is 10.6. The molecular weight excluding hydrogens is 589 g/mol. The average Bonchev–Trinajstić information content (AvgIpc) is 3.38. The van der Waals surface area contributed by atoms with E-state index in [9.17, 15) is 19.2 Å². The molecule has 1 saturated heterocycles. The molecule has 0 spiro atoms. The Hall–Kier alpha value is -3.37. The van der Waals surface area contributed by atoms with Crippen LogP contribution in [-0.4, -0.2) is 27.5 Å². The predicted octanol–water partition coefficient (Wildman–Crippen LogP) is 5.96. The minimum Gasteiger partial charge on any atom is -0.325 e. The lowest BCUT2D eigenvalue weighted by molar-refractivity contribution is -0.122. The molecule has 11 heteroatoms. The highest BCUT2D eigenvalue weighted by Gasteiger charge is 2.57. The number of nitrogens with zero attached hydrogens (tertiary/aromatic N) is 2. The van der Waals surface area contributed by atoms with Gasteiger partial charge in [-0.15, -0.1) is 0 Å². The molecule has 0 radical (unpaired) electrons. The minimum atomic E-state index is -0.819. The van der Waals surface area contributed by atoms with E-state index in [4.69, 9.17) is 23.2 Å². The van der Waals surface area contributed by atoms with Crippen LogP contribution in [-0.2, 0) is 20.9 Å². The number of halogens is 2. The molecule has 3 atom stereocenters. The number of thioether (sulfide) groups is 1. The van der Waals surface area contributed by atoms with Crippen LogP contribution in [0.5, 0.6) is 0 Å². The second-order valence-electron chi connectivity index (χ2n) is 9.57. The van der Waals surface area contributed by atoms with Crippen molar-refractivity contribution in [2.45, 2.75) is 29.7 Å². The first-order chi connectivity index (χ1) is 19.2. The van der Waals surface area contributed by atoms with Crippen molar-refractivity contribution in [1.82, 2.24) is 4.57 Å². The van der Waals surface area contributed by atoms with Crippen LogP contribution in [0.15, 0.2) is 82.6 Å². The van der Waals surface area contributed by atoms with E-state index in [0.29, 0.717) is 31.9 Å². The molecule has 4 aromatic rings. The number of imide groups is 1. The number of carbonyl (C=O) groups is 3. The molecule has 3 amide bonds. The summed E-state index contributed by atoms with van der Waals surface area (Å²) in [5.41, 5.74) is 2.69. The maximum atomic E-state index is 13.9. The fourth-order valence-electron chi connectivity index (χ4n) is 5.16. The molecule has 202 valence electrons. The Morgan fingerprint density at radius 1 is 0.925 bits per heavy atom. The highest BCUT2D eigenvalue weighted by molar-refractivity contribution is 8.00. The predicted molar refractivity (Wildman–Crippen MR) is 159 cm³/mol. The number of aryl methyl sites for hydroxylation is 1. The number of fused-ring (bicyclic) bond motifs is 2. The molecular formula is C29H21Cl2N3O4S2. The van der Waals surface area contributed by atoms with Crippen molar-refractivity contribution in [3.8, 4) is 0 Å². The average molecular weight is 611 g/mol. The number of nitrogens with one attached hydrogen (secondary N) is 1. The first-order valence-corrected chi connectivity index (χ1v) is 14.8. The van der Waals surface area contributed by atoms with Crippen LogP contribution in [0.25, 0.3) is 0 Å². The van der Waals surface area contributed by atoms with Gasteiger partial charge in [0.05, 0.1) is 26.7 Å². The Bertz CT molecular complexity index is 1720. The quantitative estimate of drug-likeness (QED) is 0.282. The topological polar surface area (TPSA) is 88.5 Å². The highest BCUT2D eigenvalue weighted by atomic mass is 35.5. The van der Waals surface area contributed by atoms with Gasteiger partial charge in [0.1, 0.15) is 11.8 Å². The summed E-state index contributed by atoms with van der Waals surface area (Å²) in [6, 6.07) is 21.2. The Balaban J connectivity index is 1.44. The molecule has 6 rings (SSSR count). The van der Waals surface area contributed by atoms with Gasteiger partial charge in [0, 0.05) is 16.5 Å². The molecule has 1 fully saturated rings. The van der Waals surface area contributed by atoms with Crippen molar-refractivity contribution in [2.24, 2.45) is 5.92 Å². The summed E-state index contributed by atoms with van der Waals surface area (Å²) >= 11 is 15.1. The number of hydrogen-bond acceptors (Lipinski definition) is 6. The van der Waals surface area contributed by atoms with Crippen molar-refractivity contribution in [2.75, 3.05) is 10.2 Å². The summed E-state index contributed by atoms with van der Waals surface area (Å²) in [5.74, 6) is -2.64. The van der Waals surface area contributed by atoms with E-state index in [1.807, 2.05) is 25.1 Å². The van der Waals surface area contributed by atoms with Gasteiger partial charge in [-0.25, -0.2) is 4.90 Å². The van der Waals surface area contributed by atoms with Gasteiger partial charge in [0.2, 0.25) is 17.7 Å². The molecule has 40 heavy (non-hydrogen) atoms. The molecule has 0 aliphatic carbocycles. The molecule has 7 nitrogen and oxygen atoms in total. The number of carbonyl (C=O) groups excluding carboxylic acids is 3. The van der Waals surface area contributed by atoms with Crippen LogP contribution in [0.2, 0.25) is 10.0 Å². The fraction of sp³-hybridized carbons (Fsp3) is 0.172. The van der Waals surface area contributed by atoms with Gasteiger partial charge in [-0.05, 0) is 42.8 Å². The van der Waals surface area contributed by atoms with E-state index >= 15 is 0 Å². The summed E-state index contributed by atoms with van der Waals surface area (Å²) in [4.78, 5) is 55.4. The number of aromatic nitrogens is 1. The lowest BCUT2D eigenvalue weighted by Crippen LogP contribution is -2.33. The fourth-order valence-corrected chi connectivity index (χ4v) is 8.35. The number of anilines is 2. The number of hydrogen-bond donors (Lipinski definition) is 1. The van der Waals surface area contributed by atoms with Crippen molar-refractivity contribution in [3.63, 3.8) is 0 Å². The van der Waals surface area contributed by atoms with Gasteiger partial charge in [0.25, 0.3) is 0 Å². The van der Waals surface area contributed by atoms with Crippen molar-refractivity contribution < 1.29 is 14.4 Å². The molecule has 0 unspecified atom stereocenters. The summed E-state index contributed by atoms with van der Waals surface area (Å²) in [6.45, 7) is 1.70. The number of benzene rings is 3. The SMILES string of the molecule is Cc1ccc(NC(=O)Cn2c3c(sc2=O)[C@@H](c2cccc(Cl)c2Cl)[C@@H]2C(=O)N(c4ccccc4)C(=O)[C@@H]2S3)cc1. The number of rotatable bonds is 5. The van der Waals surface area contributed by atoms with Crippen LogP contribution in [0.3, 0.4) is 0 Å². The third-order valence-corrected chi connectivity index (χ3v) is 10.5. The lowest BCUT2D eigenvalue weighted by atomic mass is 9.83. The van der Waals surface area contributed by atoms with Crippen LogP contribution < -0.4 is 15.1 Å². The highest BCUT2D eigenvalue weighted by Crippen LogP contribution is 2.55. The molecule has 2 aliphatic rings. The summed E-state index contributed by atoms with van der Waals surface area (Å²) in [5, 5.41) is 3.04. The van der Waals surface area contributed by atoms with E-state index in [1.165, 1.54) is 9.47 Å². The molecule has 3 aromatic carbocycles. The monoisotopic (exact) mass is 609 g/mol. The smallest absolute Gasteiger partial charge is 0.308 e. The van der Waals surface area contributed by atoms with Crippen LogP contribution in [0.1, 0.15) is 21.9 Å². The molecule has 2 aliphatic heterocycles. The summed E-state index contributed by atoms with van der Waals surface area (Å²) < 4.78 is 1.37. The first-order valence-electron chi connectivity index (χ1n) is 12.4. The van der Waals surface area contributed by atoms with Crippen molar-refractivity contribution >= 4 is 75.4 Å². The molecule has 1 N–H and O–H groups in total. The third kappa shape index (κ3) is 4.56. The second-order valence-corrected chi connectivity index (χ2v) is 12.5. The van der Waals surface area contributed by atoms with E-state index in [-0.39, 0.29) is 34.2 Å². The summed E-state index contributed by atoms with van der Waals surface area (Å²) in [6.07, 6.45) is 0. The molecule has 0 saturated carbocycles. The van der Waals surface area contributed by atoms with E-state index in [1.54, 1.807) is 54.6 Å². The number of thiazole rings is 1. The van der Waals surface area contributed by atoms with Gasteiger partial charge < -0.3 is 5.32 Å². The first kappa shape index (κ1) is 26.8. The van der Waals surface area contributed by atoms with E-state index in [0.717, 1.165) is 28.7 Å². The Kier molecular flexibility index (Phi) is 7.08. The number of para-hydroxylation sites is 1. The van der Waals surface area contributed by atoms with Crippen LogP contribution in [0, 0.1) is 12.8 Å². The van der Waals surface area contributed by atoms with Gasteiger partial charge >= 0.3 is 4.87 Å². The normalized spacial score (nSPS) is 19.9. The maximum Gasteiger partial charge on any atom is 0.308 e. The number of amides is 3. The maximum absolute atomic E-state index is 13.9. The minimum absolute atomic E-state index is 0.247. The van der Waals surface area contributed by atoms with E-state index < -0.39 is 17.1 Å². The zero-order valence-corrected chi connectivity index (χ0v) is 24.1. The van der Waals surface area contributed by atoms with Crippen LogP contribution >= 0.6 is 46.3 Å². The van der Waals surface area contributed by atoms with Crippen molar-refractivity contribution in [1.29, 1.82) is 0 Å². The standard InChI is InChI=1S/C29H21Cl2N3O4S2/c1-15-10-12-16(13-11-15)32-20(35)14-33-28-25(40-29(33)38)21(18-8-5-9-19(30)23(18)31)22-24(39-28)27(37)34(26(22)36)17-6-3-2-4-7-17/h2-13,21-22,24H,14H2,1H3,(H,32,35)/t21-,22-,24+/m0/s1. The zero-order chi connectivity index (χ0) is 28.1. The molecule has 3 heterocycles. The van der Waals surface area contributed by atoms with Gasteiger partial charge in [-0.2, -0.15) is 0 Å². The van der Waals surface area contributed by atoms with Gasteiger partial charge in [-0.3, -0.25) is 23.7 Å². The third-order valence-electron chi connectivity index (χ3n) is 7.02. The Morgan fingerprint density at radius 2 is 1.65 bits per heavy atom. The van der Waals surface area contributed by atoms with E-state index in [2.05, 4.69) is 5.32 Å². The summed E-state index contributed by atoms with van der Waals surface area (Å²) in [7, 11) is 0. The zero-order valence-electron chi connectivity index (χ0n) is 21.0. The molecule has 0 bridgehead atoms. The van der Waals surface area contributed by atoms with Crippen LogP contribution in [0.4, 0.5) is 11.4 Å². The Morgan fingerprint density at radius 3 is 2.38 bits per heavy atom. The van der Waals surface area contributed by atoms with Gasteiger partial charge in [-0.1, -0.05) is 94.3 Å². The van der Waals surface area contributed by atoms with Gasteiger partial charge in [0.15, 0.2) is 0 Å². The molecule has 1 aromatic heterocycles. The van der Waals surface area contributed by atoms with Crippen molar-refractivity contribution in [3.05, 3.63) is 109 Å².